The largest absolute Gasteiger partial charge is 0.496 e. The molecule has 0 saturated heterocycles. The van der Waals surface area contributed by atoms with Gasteiger partial charge in [-0.25, -0.2) is 0 Å². The summed E-state index contributed by atoms with van der Waals surface area (Å²) in [5, 5.41) is 1.10. The maximum atomic E-state index is 12.3. The first-order valence-electron chi connectivity index (χ1n) is 6.71. The first-order valence-corrected chi connectivity index (χ1v) is 6.71. The topological polar surface area (TPSA) is 42.1 Å². The van der Waals surface area contributed by atoms with Crippen LogP contribution in [0.4, 0.5) is 0 Å². The summed E-state index contributed by atoms with van der Waals surface area (Å²) in [6.07, 6.45) is 5.30. The molecule has 0 aliphatic rings. The maximum Gasteiger partial charge on any atom is 0.189 e. The highest BCUT2D eigenvalue weighted by Crippen LogP contribution is 2.21. The van der Waals surface area contributed by atoms with E-state index in [0.29, 0.717) is 11.3 Å². The van der Waals surface area contributed by atoms with Crippen LogP contribution in [0.3, 0.4) is 0 Å². The Balaban J connectivity index is 1.90. The highest BCUT2D eigenvalue weighted by atomic mass is 16.5. The molecule has 3 aromatic rings. The molecule has 0 saturated carbocycles. The van der Waals surface area contributed by atoms with Crippen LogP contribution in [0.5, 0.6) is 5.75 Å². The van der Waals surface area contributed by atoms with Gasteiger partial charge < -0.3 is 9.72 Å². The Labute approximate surface area is 122 Å². The summed E-state index contributed by atoms with van der Waals surface area (Å²) >= 11 is 0. The number of fused-ring (bicyclic) bond motifs is 1. The first kappa shape index (κ1) is 13.2. The average Bonchev–Trinajstić information content (AvgIpc) is 2.96. The lowest BCUT2D eigenvalue weighted by atomic mass is 10.1. The molecule has 3 nitrogen and oxygen atoms in total. The molecule has 1 heterocycles. The Bertz CT molecular complexity index is 815. The summed E-state index contributed by atoms with van der Waals surface area (Å²) in [6.45, 7) is 0. The number of ether oxygens (including phenoxy) is 1. The predicted octanol–water partition coefficient (Wildman–Crippen LogP) is 4.07. The van der Waals surface area contributed by atoms with Crippen molar-refractivity contribution in [3.63, 3.8) is 0 Å². The molecule has 0 aliphatic heterocycles. The van der Waals surface area contributed by atoms with Crippen LogP contribution in [0.2, 0.25) is 0 Å². The lowest BCUT2D eigenvalue weighted by Crippen LogP contribution is -1.98. The number of H-pyrrole nitrogens is 1. The monoisotopic (exact) mass is 277 g/mol. The van der Waals surface area contributed by atoms with E-state index in [-0.39, 0.29) is 5.78 Å². The molecule has 2 aromatic carbocycles. The molecule has 0 unspecified atom stereocenters. The minimum Gasteiger partial charge on any atom is -0.496 e. The van der Waals surface area contributed by atoms with Crippen LogP contribution in [0.15, 0.2) is 60.8 Å². The molecule has 0 bridgehead atoms. The van der Waals surface area contributed by atoms with Crippen LogP contribution in [-0.2, 0) is 0 Å². The normalized spacial score (nSPS) is 11.1. The van der Waals surface area contributed by atoms with Crippen molar-refractivity contribution < 1.29 is 9.53 Å². The van der Waals surface area contributed by atoms with E-state index >= 15 is 0 Å². The first-order chi connectivity index (χ1) is 10.3. The van der Waals surface area contributed by atoms with Gasteiger partial charge in [0.1, 0.15) is 5.75 Å². The number of ketones is 1. The van der Waals surface area contributed by atoms with Crippen molar-refractivity contribution in [1.29, 1.82) is 0 Å². The van der Waals surface area contributed by atoms with Crippen molar-refractivity contribution in [1.82, 2.24) is 4.98 Å². The van der Waals surface area contributed by atoms with Gasteiger partial charge in [0.2, 0.25) is 0 Å². The zero-order chi connectivity index (χ0) is 14.7. The molecule has 0 aliphatic carbocycles. The highest BCUT2D eigenvalue weighted by molar-refractivity contribution is 6.09. The van der Waals surface area contributed by atoms with Crippen molar-refractivity contribution in [2.75, 3.05) is 7.11 Å². The third-order valence-corrected chi connectivity index (χ3v) is 3.41. The van der Waals surface area contributed by atoms with Gasteiger partial charge in [-0.2, -0.15) is 0 Å². The number of hydrogen-bond donors (Lipinski definition) is 1. The lowest BCUT2D eigenvalue weighted by Gasteiger charge is -2.04. The Morgan fingerprint density at radius 2 is 1.86 bits per heavy atom. The number of aromatic nitrogens is 1. The van der Waals surface area contributed by atoms with E-state index in [1.807, 2.05) is 48.7 Å². The summed E-state index contributed by atoms with van der Waals surface area (Å²) in [5.41, 5.74) is 2.62. The molecule has 104 valence electrons. The fourth-order valence-electron chi connectivity index (χ4n) is 2.34. The van der Waals surface area contributed by atoms with E-state index < -0.39 is 0 Å². The zero-order valence-electron chi connectivity index (χ0n) is 11.7. The van der Waals surface area contributed by atoms with E-state index in [1.165, 1.54) is 0 Å². The average molecular weight is 277 g/mol. The van der Waals surface area contributed by atoms with Gasteiger partial charge in [-0.15, -0.1) is 0 Å². The Morgan fingerprint density at radius 3 is 2.71 bits per heavy atom. The highest BCUT2D eigenvalue weighted by Gasteiger charge is 2.08. The number of benzene rings is 2. The van der Waals surface area contributed by atoms with Gasteiger partial charge in [0.15, 0.2) is 5.78 Å². The zero-order valence-corrected chi connectivity index (χ0v) is 11.7. The summed E-state index contributed by atoms with van der Waals surface area (Å²) in [6, 6.07) is 15.2. The SMILES string of the molecule is COc1ccccc1C(=O)/C=C/c1c[nH]c2ccccc12. The van der Waals surface area contributed by atoms with Crippen molar-refractivity contribution in [3.8, 4) is 5.75 Å². The molecule has 21 heavy (non-hydrogen) atoms. The van der Waals surface area contributed by atoms with Crippen molar-refractivity contribution in [3.05, 3.63) is 71.9 Å². The fourth-order valence-corrected chi connectivity index (χ4v) is 2.34. The van der Waals surface area contributed by atoms with Gasteiger partial charge in [-0.3, -0.25) is 4.79 Å². The molecule has 0 atom stereocenters. The predicted molar refractivity (Wildman–Crippen MR) is 84.7 cm³/mol. The van der Waals surface area contributed by atoms with Gasteiger partial charge in [-0.1, -0.05) is 30.3 Å². The van der Waals surface area contributed by atoms with Crippen LogP contribution >= 0.6 is 0 Å². The summed E-state index contributed by atoms with van der Waals surface area (Å²) in [4.78, 5) is 15.5. The molecule has 3 heteroatoms. The molecular formula is C18H15NO2. The van der Waals surface area contributed by atoms with Crippen LogP contribution in [0.1, 0.15) is 15.9 Å². The molecule has 1 aromatic heterocycles. The van der Waals surface area contributed by atoms with Crippen LogP contribution in [0.25, 0.3) is 17.0 Å². The molecule has 0 fully saturated rings. The standard InChI is InChI=1S/C18H15NO2/c1-21-18-9-5-3-7-15(18)17(20)11-10-13-12-19-16-8-4-2-6-14(13)16/h2-12,19H,1H3/b11-10+. The van der Waals surface area contributed by atoms with Gasteiger partial charge >= 0.3 is 0 Å². The minimum absolute atomic E-state index is 0.0715. The third-order valence-electron chi connectivity index (χ3n) is 3.41. The lowest BCUT2D eigenvalue weighted by molar-refractivity contribution is 0.104. The number of methoxy groups -OCH3 is 1. The van der Waals surface area contributed by atoms with E-state index in [0.717, 1.165) is 16.5 Å². The number of nitrogens with one attached hydrogen (secondary N) is 1. The molecular weight excluding hydrogens is 262 g/mol. The van der Waals surface area contributed by atoms with Gasteiger partial charge in [-0.05, 0) is 35.9 Å². The van der Waals surface area contributed by atoms with Crippen molar-refractivity contribution in [2.45, 2.75) is 0 Å². The van der Waals surface area contributed by atoms with E-state index in [9.17, 15) is 4.79 Å². The number of hydrogen-bond acceptors (Lipinski definition) is 2. The molecule has 0 spiro atoms. The number of carbonyl (C=O) groups excluding carboxylic acids is 1. The van der Waals surface area contributed by atoms with E-state index in [4.69, 9.17) is 4.74 Å². The van der Waals surface area contributed by atoms with E-state index in [1.54, 1.807) is 25.3 Å². The van der Waals surface area contributed by atoms with Crippen LogP contribution in [0, 0.1) is 0 Å². The van der Waals surface area contributed by atoms with E-state index in [2.05, 4.69) is 4.98 Å². The number of para-hydroxylation sites is 2. The Kier molecular flexibility index (Phi) is 3.56. The quantitative estimate of drug-likeness (QED) is 0.577. The third kappa shape index (κ3) is 2.58. The van der Waals surface area contributed by atoms with Crippen LogP contribution in [-0.4, -0.2) is 17.9 Å². The van der Waals surface area contributed by atoms with Gasteiger partial charge in [0, 0.05) is 17.1 Å². The van der Waals surface area contributed by atoms with Crippen molar-refractivity contribution >= 4 is 22.8 Å². The number of aromatic amines is 1. The summed E-state index contributed by atoms with van der Waals surface area (Å²) < 4.78 is 5.21. The number of rotatable bonds is 4. The molecule has 0 radical (unpaired) electrons. The Morgan fingerprint density at radius 1 is 1.10 bits per heavy atom. The second-order valence-electron chi connectivity index (χ2n) is 4.69. The summed E-state index contributed by atoms with van der Waals surface area (Å²) in [5.74, 6) is 0.517. The smallest absolute Gasteiger partial charge is 0.189 e. The molecule has 3 rings (SSSR count). The van der Waals surface area contributed by atoms with Crippen LogP contribution < -0.4 is 4.74 Å². The molecule has 0 amide bonds. The maximum absolute atomic E-state index is 12.3. The second kappa shape index (κ2) is 5.67. The number of carbonyl (C=O) groups is 1. The number of allylic oxidation sites excluding steroid dienone is 1. The minimum atomic E-state index is -0.0715. The Hall–Kier alpha value is -2.81. The second-order valence-corrected chi connectivity index (χ2v) is 4.69. The van der Waals surface area contributed by atoms with Gasteiger partial charge in [0.25, 0.3) is 0 Å². The van der Waals surface area contributed by atoms with Gasteiger partial charge in [0.05, 0.1) is 12.7 Å². The fraction of sp³-hybridized carbons (Fsp3) is 0.0556. The van der Waals surface area contributed by atoms with Crippen molar-refractivity contribution in [2.24, 2.45) is 0 Å². The molecule has 1 N–H and O–H groups in total. The summed E-state index contributed by atoms with van der Waals surface area (Å²) in [7, 11) is 1.56.